The molecule has 0 heterocycles. The van der Waals surface area contributed by atoms with Gasteiger partial charge in [0.05, 0.1) is 17.8 Å². The molecule has 2 nitrogen and oxygen atoms in total. The minimum atomic E-state index is -0.561. The number of nitrogens with two attached hydrogens (primary N) is 2. The van der Waals surface area contributed by atoms with Crippen LogP contribution < -0.4 is 11.5 Å². The molecule has 0 unspecified atom stereocenters. The topological polar surface area (TPSA) is 52.0 Å². The molecule has 1 aromatic rings. The second-order valence-corrected chi connectivity index (χ2v) is 2.79. The molecule has 13 heavy (non-hydrogen) atoms. The van der Waals surface area contributed by atoms with E-state index in [-0.39, 0.29) is 17.3 Å². The monoisotopic (exact) mass is 198 g/mol. The van der Waals surface area contributed by atoms with Crippen LogP contribution in [-0.4, -0.2) is 6.54 Å². The van der Waals surface area contributed by atoms with E-state index in [2.05, 4.69) is 11.8 Å². The van der Waals surface area contributed by atoms with Crippen LogP contribution >= 0.6 is 11.6 Å². The van der Waals surface area contributed by atoms with E-state index in [1.54, 1.807) is 0 Å². The zero-order chi connectivity index (χ0) is 9.84. The standard InChI is InChI=1S/C9H8ClFN2/c10-7-4-6(2-1-3-12)9(13)8(11)5-7/h4-5H,3,12-13H2. The first-order chi connectivity index (χ1) is 6.15. The van der Waals surface area contributed by atoms with Gasteiger partial charge in [0.15, 0.2) is 0 Å². The van der Waals surface area contributed by atoms with Crippen LogP contribution in [0.1, 0.15) is 5.56 Å². The molecule has 0 fully saturated rings. The maximum atomic E-state index is 13.0. The van der Waals surface area contributed by atoms with Crippen molar-refractivity contribution in [3.05, 3.63) is 28.5 Å². The van der Waals surface area contributed by atoms with Gasteiger partial charge in [0, 0.05) is 5.02 Å². The summed E-state index contributed by atoms with van der Waals surface area (Å²) < 4.78 is 13.0. The molecule has 0 saturated carbocycles. The Morgan fingerprint density at radius 2 is 2.15 bits per heavy atom. The van der Waals surface area contributed by atoms with Crippen LogP contribution in [0.15, 0.2) is 12.1 Å². The molecular formula is C9H8ClFN2. The molecule has 4 N–H and O–H groups in total. The van der Waals surface area contributed by atoms with Crippen LogP contribution in [0.25, 0.3) is 0 Å². The van der Waals surface area contributed by atoms with Crippen molar-refractivity contribution in [1.82, 2.24) is 0 Å². The smallest absolute Gasteiger partial charge is 0.148 e. The van der Waals surface area contributed by atoms with E-state index < -0.39 is 5.82 Å². The lowest BCUT2D eigenvalue weighted by atomic mass is 10.2. The maximum absolute atomic E-state index is 13.0. The second-order valence-electron chi connectivity index (χ2n) is 2.35. The molecule has 0 bridgehead atoms. The highest BCUT2D eigenvalue weighted by atomic mass is 35.5. The minimum absolute atomic E-state index is 0.00495. The molecule has 0 aromatic heterocycles. The normalized spacial score (nSPS) is 9.15. The maximum Gasteiger partial charge on any atom is 0.148 e. The highest BCUT2D eigenvalue weighted by Crippen LogP contribution is 2.20. The molecule has 0 spiro atoms. The van der Waals surface area contributed by atoms with Gasteiger partial charge in [0.2, 0.25) is 0 Å². The minimum Gasteiger partial charge on any atom is -0.395 e. The molecule has 0 saturated heterocycles. The lowest BCUT2D eigenvalue weighted by Gasteiger charge is -2.00. The molecule has 0 aliphatic heterocycles. The molecule has 0 radical (unpaired) electrons. The van der Waals surface area contributed by atoms with E-state index >= 15 is 0 Å². The molecule has 0 aliphatic rings. The van der Waals surface area contributed by atoms with Gasteiger partial charge in [-0.2, -0.15) is 0 Å². The van der Waals surface area contributed by atoms with Crippen molar-refractivity contribution in [2.24, 2.45) is 5.73 Å². The molecular weight excluding hydrogens is 191 g/mol. The van der Waals surface area contributed by atoms with Gasteiger partial charge in [-0.25, -0.2) is 4.39 Å². The molecule has 1 rings (SSSR count). The molecule has 4 heteroatoms. The summed E-state index contributed by atoms with van der Waals surface area (Å²) >= 11 is 5.61. The van der Waals surface area contributed by atoms with Crippen molar-refractivity contribution in [3.63, 3.8) is 0 Å². The third kappa shape index (κ3) is 2.35. The number of hydrogen-bond donors (Lipinski definition) is 2. The Balaban J connectivity index is 3.20. The zero-order valence-corrected chi connectivity index (χ0v) is 7.53. The first-order valence-electron chi connectivity index (χ1n) is 3.58. The van der Waals surface area contributed by atoms with Gasteiger partial charge in [-0.3, -0.25) is 0 Å². The van der Waals surface area contributed by atoms with Gasteiger partial charge in [0.25, 0.3) is 0 Å². The Labute approximate surface area is 80.7 Å². The van der Waals surface area contributed by atoms with Crippen LogP contribution in [0.5, 0.6) is 0 Å². The van der Waals surface area contributed by atoms with E-state index in [0.717, 1.165) is 6.07 Å². The summed E-state index contributed by atoms with van der Waals surface area (Å²) in [5, 5.41) is 0.271. The molecule has 0 atom stereocenters. The van der Waals surface area contributed by atoms with E-state index in [1.807, 2.05) is 0 Å². The molecule has 0 aliphatic carbocycles. The highest BCUT2D eigenvalue weighted by Gasteiger charge is 2.04. The van der Waals surface area contributed by atoms with Crippen LogP contribution in [0.4, 0.5) is 10.1 Å². The number of halogens is 2. The van der Waals surface area contributed by atoms with Gasteiger partial charge in [0.1, 0.15) is 5.82 Å². The number of rotatable bonds is 0. The van der Waals surface area contributed by atoms with Crippen molar-refractivity contribution in [1.29, 1.82) is 0 Å². The summed E-state index contributed by atoms with van der Waals surface area (Å²) in [6.45, 7) is 0.202. The molecule has 0 amide bonds. The van der Waals surface area contributed by atoms with Crippen LogP contribution in [-0.2, 0) is 0 Å². The van der Waals surface area contributed by atoms with E-state index in [9.17, 15) is 4.39 Å². The summed E-state index contributed by atoms with van der Waals surface area (Å²) in [6.07, 6.45) is 0. The Morgan fingerprint density at radius 3 is 2.77 bits per heavy atom. The SMILES string of the molecule is NCC#Cc1cc(Cl)cc(F)c1N. The molecule has 68 valence electrons. The van der Waals surface area contributed by atoms with Crippen LogP contribution in [0.3, 0.4) is 0 Å². The predicted molar refractivity (Wildman–Crippen MR) is 51.8 cm³/mol. The van der Waals surface area contributed by atoms with E-state index in [1.165, 1.54) is 6.07 Å². The summed E-state index contributed by atoms with van der Waals surface area (Å²) in [5.41, 5.74) is 11.0. The first kappa shape index (κ1) is 9.85. The summed E-state index contributed by atoms with van der Waals surface area (Å²) in [4.78, 5) is 0. The fraction of sp³-hybridized carbons (Fsp3) is 0.111. The predicted octanol–water partition coefficient (Wildman–Crippen LogP) is 1.37. The summed E-state index contributed by atoms with van der Waals surface area (Å²) in [7, 11) is 0. The summed E-state index contributed by atoms with van der Waals surface area (Å²) in [5.74, 6) is 4.64. The number of benzene rings is 1. The van der Waals surface area contributed by atoms with Crippen molar-refractivity contribution < 1.29 is 4.39 Å². The average Bonchev–Trinajstić information content (AvgIpc) is 2.09. The van der Waals surface area contributed by atoms with Crippen molar-refractivity contribution in [3.8, 4) is 11.8 Å². The zero-order valence-electron chi connectivity index (χ0n) is 6.77. The molecule has 1 aromatic carbocycles. The van der Waals surface area contributed by atoms with E-state index in [4.69, 9.17) is 23.1 Å². The van der Waals surface area contributed by atoms with Crippen LogP contribution in [0, 0.1) is 17.7 Å². The Kier molecular flexibility index (Phi) is 3.13. The van der Waals surface area contributed by atoms with Gasteiger partial charge in [-0.05, 0) is 12.1 Å². The largest absolute Gasteiger partial charge is 0.395 e. The van der Waals surface area contributed by atoms with Gasteiger partial charge < -0.3 is 11.5 Å². The van der Waals surface area contributed by atoms with Gasteiger partial charge in [-0.15, -0.1) is 0 Å². The highest BCUT2D eigenvalue weighted by molar-refractivity contribution is 6.30. The Hall–Kier alpha value is -1.24. The fourth-order valence-corrected chi connectivity index (χ4v) is 1.04. The Morgan fingerprint density at radius 1 is 1.46 bits per heavy atom. The quantitative estimate of drug-likeness (QED) is 0.489. The summed E-state index contributed by atoms with van der Waals surface area (Å²) in [6, 6.07) is 2.65. The van der Waals surface area contributed by atoms with Gasteiger partial charge >= 0.3 is 0 Å². The first-order valence-corrected chi connectivity index (χ1v) is 3.96. The van der Waals surface area contributed by atoms with Crippen molar-refractivity contribution >= 4 is 17.3 Å². The lowest BCUT2D eigenvalue weighted by Crippen LogP contribution is -1.97. The fourth-order valence-electron chi connectivity index (χ4n) is 0.834. The van der Waals surface area contributed by atoms with Crippen molar-refractivity contribution in [2.75, 3.05) is 12.3 Å². The number of hydrogen-bond acceptors (Lipinski definition) is 2. The third-order valence-corrected chi connectivity index (χ3v) is 1.64. The number of anilines is 1. The van der Waals surface area contributed by atoms with Crippen LogP contribution in [0.2, 0.25) is 5.02 Å². The number of nitrogen functional groups attached to an aromatic ring is 1. The second kappa shape index (κ2) is 4.13. The Bertz CT molecular complexity index is 379. The third-order valence-electron chi connectivity index (χ3n) is 1.42. The lowest BCUT2D eigenvalue weighted by molar-refractivity contribution is 0.632. The average molecular weight is 199 g/mol. The van der Waals surface area contributed by atoms with E-state index in [0.29, 0.717) is 5.56 Å². The van der Waals surface area contributed by atoms with Gasteiger partial charge in [-0.1, -0.05) is 23.4 Å². The van der Waals surface area contributed by atoms with Crippen molar-refractivity contribution in [2.45, 2.75) is 0 Å².